The van der Waals surface area contributed by atoms with Crippen LogP contribution >= 0.6 is 23.2 Å². The van der Waals surface area contributed by atoms with E-state index in [0.717, 1.165) is 5.56 Å². The van der Waals surface area contributed by atoms with Crippen molar-refractivity contribution in [2.24, 2.45) is 5.73 Å². The number of carbonyl (C=O) groups excluding carboxylic acids is 1. The molecular formula is C12H9Cl2N3O. The van der Waals surface area contributed by atoms with Crippen molar-refractivity contribution < 1.29 is 4.79 Å². The molecule has 0 saturated heterocycles. The molecule has 4 nitrogen and oxygen atoms in total. The van der Waals surface area contributed by atoms with E-state index < -0.39 is 5.91 Å². The second kappa shape index (κ2) is 4.84. The van der Waals surface area contributed by atoms with Crippen LogP contribution < -0.4 is 11.5 Å². The summed E-state index contributed by atoms with van der Waals surface area (Å²) >= 11 is 11.7. The van der Waals surface area contributed by atoms with Gasteiger partial charge in [-0.1, -0.05) is 29.3 Å². The van der Waals surface area contributed by atoms with Crippen molar-refractivity contribution in [1.29, 1.82) is 0 Å². The molecule has 0 aliphatic rings. The van der Waals surface area contributed by atoms with Gasteiger partial charge in [0.2, 0.25) is 0 Å². The third-order valence-corrected chi connectivity index (χ3v) is 3.11. The smallest absolute Gasteiger partial charge is 0.269 e. The lowest BCUT2D eigenvalue weighted by Crippen LogP contribution is -2.15. The van der Waals surface area contributed by atoms with Crippen molar-refractivity contribution in [1.82, 2.24) is 4.98 Å². The van der Waals surface area contributed by atoms with Gasteiger partial charge < -0.3 is 11.5 Å². The number of halogens is 2. The van der Waals surface area contributed by atoms with E-state index in [2.05, 4.69) is 4.98 Å². The van der Waals surface area contributed by atoms with E-state index in [0.29, 0.717) is 15.7 Å². The van der Waals surface area contributed by atoms with Gasteiger partial charge in [0.05, 0.1) is 21.4 Å². The highest BCUT2D eigenvalue weighted by molar-refractivity contribution is 6.42. The molecule has 1 heterocycles. The zero-order valence-corrected chi connectivity index (χ0v) is 10.7. The van der Waals surface area contributed by atoms with E-state index in [1.165, 1.54) is 0 Å². The standard InChI is InChI=1S/C12H9Cl2N3O/c13-7-2-1-6(5-8(7)14)10-4-3-9(15)11(17-10)12(16)18/h1-5H,15H2,(H2,16,18). The highest BCUT2D eigenvalue weighted by atomic mass is 35.5. The molecule has 1 amide bonds. The molecule has 0 spiro atoms. The lowest BCUT2D eigenvalue weighted by Gasteiger charge is -2.06. The maximum atomic E-state index is 11.2. The van der Waals surface area contributed by atoms with Crippen molar-refractivity contribution in [3.05, 3.63) is 46.1 Å². The number of nitrogens with two attached hydrogens (primary N) is 2. The first-order chi connectivity index (χ1) is 8.49. The number of hydrogen-bond acceptors (Lipinski definition) is 3. The molecule has 18 heavy (non-hydrogen) atoms. The minimum atomic E-state index is -0.672. The van der Waals surface area contributed by atoms with Crippen molar-refractivity contribution >= 4 is 34.8 Å². The van der Waals surface area contributed by atoms with E-state index in [4.69, 9.17) is 34.7 Å². The minimum Gasteiger partial charge on any atom is -0.397 e. The number of benzene rings is 1. The van der Waals surface area contributed by atoms with Crippen molar-refractivity contribution in [2.45, 2.75) is 0 Å². The Bertz CT molecular complexity index is 629. The second-order valence-electron chi connectivity index (χ2n) is 3.63. The predicted molar refractivity (Wildman–Crippen MR) is 72.6 cm³/mol. The van der Waals surface area contributed by atoms with Gasteiger partial charge in [0, 0.05) is 5.56 Å². The van der Waals surface area contributed by atoms with Crippen LogP contribution in [0.5, 0.6) is 0 Å². The number of pyridine rings is 1. The first-order valence-corrected chi connectivity index (χ1v) is 5.76. The van der Waals surface area contributed by atoms with Gasteiger partial charge in [0.25, 0.3) is 5.91 Å². The van der Waals surface area contributed by atoms with Crippen molar-refractivity contribution in [2.75, 3.05) is 5.73 Å². The Morgan fingerprint density at radius 3 is 2.44 bits per heavy atom. The summed E-state index contributed by atoms with van der Waals surface area (Å²) in [6.45, 7) is 0. The molecular weight excluding hydrogens is 273 g/mol. The van der Waals surface area contributed by atoms with Gasteiger partial charge in [-0.3, -0.25) is 4.79 Å². The van der Waals surface area contributed by atoms with Gasteiger partial charge in [-0.15, -0.1) is 0 Å². The molecule has 0 bridgehead atoms. The van der Waals surface area contributed by atoms with E-state index in [1.807, 2.05) is 0 Å². The maximum absolute atomic E-state index is 11.2. The summed E-state index contributed by atoms with van der Waals surface area (Å²) < 4.78 is 0. The molecule has 0 fully saturated rings. The summed E-state index contributed by atoms with van der Waals surface area (Å²) in [6, 6.07) is 8.32. The molecule has 6 heteroatoms. The first-order valence-electron chi connectivity index (χ1n) is 5.01. The van der Waals surface area contributed by atoms with E-state index in [9.17, 15) is 4.79 Å². The Hall–Kier alpha value is -1.78. The molecule has 2 rings (SSSR count). The van der Waals surface area contributed by atoms with Crippen LogP contribution in [-0.2, 0) is 0 Å². The van der Waals surface area contributed by atoms with Gasteiger partial charge in [0.15, 0.2) is 5.69 Å². The zero-order valence-electron chi connectivity index (χ0n) is 9.15. The fourth-order valence-corrected chi connectivity index (χ4v) is 1.78. The summed E-state index contributed by atoms with van der Waals surface area (Å²) in [6.07, 6.45) is 0. The quantitative estimate of drug-likeness (QED) is 0.888. The summed E-state index contributed by atoms with van der Waals surface area (Å²) in [5.74, 6) is -0.672. The highest BCUT2D eigenvalue weighted by Crippen LogP contribution is 2.28. The molecule has 0 unspecified atom stereocenters. The van der Waals surface area contributed by atoms with Gasteiger partial charge in [-0.2, -0.15) is 0 Å². The number of anilines is 1. The summed E-state index contributed by atoms with van der Waals surface area (Å²) in [5.41, 5.74) is 12.4. The SMILES string of the molecule is NC(=O)c1nc(-c2ccc(Cl)c(Cl)c2)ccc1N. The molecule has 0 aliphatic heterocycles. The van der Waals surface area contributed by atoms with Crippen LogP contribution in [0.4, 0.5) is 5.69 Å². The van der Waals surface area contributed by atoms with Crippen molar-refractivity contribution in [3.63, 3.8) is 0 Å². The van der Waals surface area contributed by atoms with Crippen LogP contribution in [0.15, 0.2) is 30.3 Å². The van der Waals surface area contributed by atoms with E-state index >= 15 is 0 Å². The van der Waals surface area contributed by atoms with Gasteiger partial charge in [0.1, 0.15) is 0 Å². The average molecular weight is 282 g/mol. The number of amides is 1. The fraction of sp³-hybridized carbons (Fsp3) is 0. The van der Waals surface area contributed by atoms with Gasteiger partial charge in [-0.25, -0.2) is 4.98 Å². The number of aromatic nitrogens is 1. The van der Waals surface area contributed by atoms with Crippen LogP contribution in [0.1, 0.15) is 10.5 Å². The molecule has 1 aromatic heterocycles. The van der Waals surface area contributed by atoms with Crippen LogP contribution in [0.25, 0.3) is 11.3 Å². The molecule has 0 radical (unpaired) electrons. The predicted octanol–water partition coefficient (Wildman–Crippen LogP) is 2.74. The molecule has 0 saturated carbocycles. The zero-order chi connectivity index (χ0) is 13.3. The Balaban J connectivity index is 2.54. The Morgan fingerprint density at radius 1 is 1.11 bits per heavy atom. The molecule has 0 atom stereocenters. The lowest BCUT2D eigenvalue weighted by molar-refractivity contribution is 0.0996. The Morgan fingerprint density at radius 2 is 1.83 bits per heavy atom. The topological polar surface area (TPSA) is 82.0 Å². The summed E-state index contributed by atoms with van der Waals surface area (Å²) in [5, 5.41) is 0.861. The molecule has 2 aromatic rings. The third-order valence-electron chi connectivity index (χ3n) is 2.38. The number of carbonyl (C=O) groups is 1. The lowest BCUT2D eigenvalue weighted by atomic mass is 10.1. The van der Waals surface area contributed by atoms with Crippen molar-refractivity contribution in [3.8, 4) is 11.3 Å². The third kappa shape index (κ3) is 2.39. The first kappa shape index (κ1) is 12.7. The number of nitrogens with zero attached hydrogens (tertiary/aromatic N) is 1. The number of hydrogen-bond donors (Lipinski definition) is 2. The second-order valence-corrected chi connectivity index (χ2v) is 4.44. The van der Waals surface area contributed by atoms with Crippen LogP contribution in [-0.4, -0.2) is 10.9 Å². The number of rotatable bonds is 2. The van der Waals surface area contributed by atoms with Gasteiger partial charge >= 0.3 is 0 Å². The molecule has 0 aliphatic carbocycles. The molecule has 4 N–H and O–H groups in total. The Kier molecular flexibility index (Phi) is 3.41. The maximum Gasteiger partial charge on any atom is 0.269 e. The summed E-state index contributed by atoms with van der Waals surface area (Å²) in [4.78, 5) is 15.3. The van der Waals surface area contributed by atoms with Crippen LogP contribution in [0.3, 0.4) is 0 Å². The molecule has 92 valence electrons. The Labute approximate surface area is 114 Å². The monoisotopic (exact) mass is 281 g/mol. The van der Waals surface area contributed by atoms with Crippen LogP contribution in [0, 0.1) is 0 Å². The number of primary amides is 1. The largest absolute Gasteiger partial charge is 0.397 e. The minimum absolute atomic E-state index is 0.0403. The number of nitrogen functional groups attached to an aromatic ring is 1. The molecule has 1 aromatic carbocycles. The highest BCUT2D eigenvalue weighted by Gasteiger charge is 2.10. The van der Waals surface area contributed by atoms with Gasteiger partial charge in [-0.05, 0) is 24.3 Å². The van der Waals surface area contributed by atoms with Crippen LogP contribution in [0.2, 0.25) is 10.0 Å². The summed E-state index contributed by atoms with van der Waals surface area (Å²) in [7, 11) is 0. The fourth-order valence-electron chi connectivity index (χ4n) is 1.48. The van der Waals surface area contributed by atoms with E-state index in [-0.39, 0.29) is 11.4 Å². The van der Waals surface area contributed by atoms with E-state index in [1.54, 1.807) is 30.3 Å². The average Bonchev–Trinajstić information content (AvgIpc) is 2.33. The normalized spacial score (nSPS) is 10.3.